The summed E-state index contributed by atoms with van der Waals surface area (Å²) in [5.41, 5.74) is 6.63. The minimum absolute atomic E-state index is 0.129. The first-order chi connectivity index (χ1) is 8.72. The van der Waals surface area contributed by atoms with E-state index in [9.17, 15) is 14.4 Å². The van der Waals surface area contributed by atoms with Crippen molar-refractivity contribution < 1.29 is 19.5 Å². The van der Waals surface area contributed by atoms with Crippen LogP contribution in [0.25, 0.3) is 0 Å². The number of anilines is 2. The van der Waals surface area contributed by atoms with Gasteiger partial charge in [-0.2, -0.15) is 0 Å². The highest BCUT2D eigenvalue weighted by molar-refractivity contribution is 6.33. The lowest BCUT2D eigenvalue weighted by Crippen LogP contribution is -2.05. The van der Waals surface area contributed by atoms with E-state index in [1.54, 1.807) is 18.2 Å². The highest BCUT2D eigenvalue weighted by atomic mass is 35.5. The number of nitrogens with two attached hydrogens (primary N) is 1. The summed E-state index contributed by atoms with van der Waals surface area (Å²) in [5, 5.41) is 10.9. The second-order valence-corrected chi connectivity index (χ2v) is 4.10. The predicted molar refractivity (Wildman–Crippen MR) is 73.1 cm³/mol. The first-order valence-corrected chi connectivity index (χ1v) is 5.64. The van der Waals surface area contributed by atoms with Crippen LogP contribution >= 0.6 is 11.6 Å². The summed E-state index contributed by atoms with van der Waals surface area (Å²) < 4.78 is 0. The molecule has 0 saturated heterocycles. The highest BCUT2D eigenvalue weighted by Gasteiger charge is 1.99. The van der Waals surface area contributed by atoms with Crippen molar-refractivity contribution >= 4 is 40.6 Å². The van der Waals surface area contributed by atoms with Gasteiger partial charge in [0, 0.05) is 12.6 Å². The fraction of sp³-hybridized carbons (Fsp3) is 0.250. The molecule has 1 aromatic rings. The molecule has 1 aromatic carbocycles. The molecule has 0 saturated carbocycles. The van der Waals surface area contributed by atoms with Crippen molar-refractivity contribution in [1.29, 1.82) is 0 Å². The SMILES string of the molecule is CC(=O)CC(=O)O.CC(=O)Nc1ccc(N)c(Cl)c1. The third kappa shape index (κ3) is 8.62. The lowest BCUT2D eigenvalue weighted by molar-refractivity contribution is -0.139. The normalized spacial score (nSPS) is 9.00. The molecule has 0 spiro atoms. The number of aliphatic carboxylic acids is 1. The average Bonchev–Trinajstić information content (AvgIpc) is 2.21. The Morgan fingerprint density at radius 1 is 1.32 bits per heavy atom. The van der Waals surface area contributed by atoms with Crippen LogP contribution in [-0.2, 0) is 14.4 Å². The second kappa shape index (κ2) is 8.10. The van der Waals surface area contributed by atoms with Gasteiger partial charge in [0.05, 0.1) is 10.7 Å². The second-order valence-electron chi connectivity index (χ2n) is 3.69. The number of amides is 1. The quantitative estimate of drug-likeness (QED) is 0.581. The Kier molecular flexibility index (Phi) is 7.21. The maximum absolute atomic E-state index is 10.6. The third-order valence-corrected chi connectivity index (χ3v) is 2.05. The maximum atomic E-state index is 10.6. The first-order valence-electron chi connectivity index (χ1n) is 5.26. The van der Waals surface area contributed by atoms with E-state index in [-0.39, 0.29) is 18.1 Å². The van der Waals surface area contributed by atoms with E-state index >= 15 is 0 Å². The number of carboxylic acids is 1. The van der Waals surface area contributed by atoms with Crippen molar-refractivity contribution in [2.75, 3.05) is 11.1 Å². The van der Waals surface area contributed by atoms with Crippen LogP contribution in [0.2, 0.25) is 5.02 Å². The molecule has 0 aromatic heterocycles. The van der Waals surface area contributed by atoms with Gasteiger partial charge in [-0.3, -0.25) is 14.4 Å². The third-order valence-electron chi connectivity index (χ3n) is 1.72. The van der Waals surface area contributed by atoms with E-state index in [4.69, 9.17) is 22.4 Å². The summed E-state index contributed by atoms with van der Waals surface area (Å²) in [6.07, 6.45) is -0.361. The standard InChI is InChI=1S/C8H9ClN2O.C4H6O3/c1-5(12)11-6-2-3-8(10)7(9)4-6;1-3(5)2-4(6)7/h2-4H,10H2,1H3,(H,11,12);2H2,1H3,(H,6,7). The molecule has 0 aliphatic heterocycles. The van der Waals surface area contributed by atoms with Gasteiger partial charge in [0.2, 0.25) is 5.91 Å². The van der Waals surface area contributed by atoms with Crippen molar-refractivity contribution in [3.63, 3.8) is 0 Å². The minimum atomic E-state index is -1.06. The van der Waals surface area contributed by atoms with Gasteiger partial charge in [-0.05, 0) is 25.1 Å². The molecular weight excluding hydrogens is 272 g/mol. The molecule has 1 rings (SSSR count). The largest absolute Gasteiger partial charge is 0.481 e. The summed E-state index contributed by atoms with van der Waals surface area (Å²) in [5.74, 6) is -1.50. The zero-order valence-electron chi connectivity index (χ0n) is 10.6. The van der Waals surface area contributed by atoms with Crippen LogP contribution in [0, 0.1) is 0 Å². The molecular formula is C12H15ClN2O4. The Hall–Kier alpha value is -2.08. The number of hydrogen-bond donors (Lipinski definition) is 3. The van der Waals surface area contributed by atoms with Crippen molar-refractivity contribution in [2.45, 2.75) is 20.3 Å². The number of carbonyl (C=O) groups is 3. The van der Waals surface area contributed by atoms with Gasteiger partial charge in [0.1, 0.15) is 12.2 Å². The van der Waals surface area contributed by atoms with E-state index in [1.807, 2.05) is 0 Å². The highest BCUT2D eigenvalue weighted by Crippen LogP contribution is 2.22. The molecule has 1 amide bonds. The minimum Gasteiger partial charge on any atom is -0.481 e. The summed E-state index contributed by atoms with van der Waals surface area (Å²) in [4.78, 5) is 30.1. The number of halogens is 1. The number of hydrogen-bond acceptors (Lipinski definition) is 4. The molecule has 0 aliphatic carbocycles. The number of rotatable bonds is 3. The smallest absolute Gasteiger partial charge is 0.310 e. The van der Waals surface area contributed by atoms with Crippen molar-refractivity contribution in [2.24, 2.45) is 0 Å². The lowest BCUT2D eigenvalue weighted by atomic mass is 10.3. The molecule has 104 valence electrons. The molecule has 0 heterocycles. The number of nitrogens with one attached hydrogen (secondary N) is 1. The van der Waals surface area contributed by atoms with Gasteiger partial charge in [-0.1, -0.05) is 11.6 Å². The average molecular weight is 287 g/mol. The number of carboxylic acid groups (broad SMARTS) is 1. The number of carbonyl (C=O) groups excluding carboxylic acids is 2. The van der Waals surface area contributed by atoms with E-state index in [0.29, 0.717) is 16.4 Å². The number of benzene rings is 1. The van der Waals surface area contributed by atoms with Gasteiger partial charge in [-0.15, -0.1) is 0 Å². The molecule has 7 heteroatoms. The van der Waals surface area contributed by atoms with Crippen LogP contribution in [0.4, 0.5) is 11.4 Å². The van der Waals surface area contributed by atoms with Crippen molar-refractivity contribution in [3.8, 4) is 0 Å². The number of ketones is 1. The first kappa shape index (κ1) is 16.9. The van der Waals surface area contributed by atoms with Crippen LogP contribution in [-0.4, -0.2) is 22.8 Å². The van der Waals surface area contributed by atoms with E-state index in [0.717, 1.165) is 0 Å². The Labute approximate surface area is 115 Å². The lowest BCUT2D eigenvalue weighted by Gasteiger charge is -2.03. The Bertz CT molecular complexity index is 477. The summed E-state index contributed by atoms with van der Waals surface area (Å²) in [7, 11) is 0. The maximum Gasteiger partial charge on any atom is 0.310 e. The van der Waals surface area contributed by atoms with E-state index < -0.39 is 5.97 Å². The summed E-state index contributed by atoms with van der Waals surface area (Å²) in [6, 6.07) is 4.95. The Morgan fingerprint density at radius 2 is 1.89 bits per heavy atom. The van der Waals surface area contributed by atoms with E-state index in [2.05, 4.69) is 5.32 Å². The molecule has 19 heavy (non-hydrogen) atoms. The Balaban J connectivity index is 0.000000399. The Morgan fingerprint density at radius 3 is 2.21 bits per heavy atom. The number of Topliss-reactive ketones (excluding diaryl/α,β-unsaturated/α-hetero) is 1. The molecule has 0 bridgehead atoms. The zero-order chi connectivity index (χ0) is 15.0. The molecule has 0 atom stereocenters. The van der Waals surface area contributed by atoms with Gasteiger partial charge in [0.25, 0.3) is 0 Å². The van der Waals surface area contributed by atoms with E-state index in [1.165, 1.54) is 13.8 Å². The predicted octanol–water partition coefficient (Wildman–Crippen LogP) is 1.93. The van der Waals surface area contributed by atoms with Crippen LogP contribution in [0.3, 0.4) is 0 Å². The summed E-state index contributed by atoms with van der Waals surface area (Å²) >= 11 is 5.72. The van der Waals surface area contributed by atoms with Crippen LogP contribution in [0.15, 0.2) is 18.2 Å². The fourth-order valence-corrected chi connectivity index (χ4v) is 1.20. The van der Waals surface area contributed by atoms with Crippen LogP contribution in [0.5, 0.6) is 0 Å². The van der Waals surface area contributed by atoms with Gasteiger partial charge in [0.15, 0.2) is 0 Å². The van der Waals surface area contributed by atoms with Crippen molar-refractivity contribution in [1.82, 2.24) is 0 Å². The zero-order valence-corrected chi connectivity index (χ0v) is 11.3. The molecule has 0 aliphatic rings. The molecule has 0 radical (unpaired) electrons. The molecule has 0 fully saturated rings. The number of nitrogen functional groups attached to an aromatic ring is 1. The topological polar surface area (TPSA) is 109 Å². The van der Waals surface area contributed by atoms with Gasteiger partial charge in [-0.25, -0.2) is 0 Å². The van der Waals surface area contributed by atoms with Gasteiger partial charge >= 0.3 is 5.97 Å². The van der Waals surface area contributed by atoms with Gasteiger partial charge < -0.3 is 16.2 Å². The fourth-order valence-electron chi connectivity index (χ4n) is 1.02. The molecule has 0 unspecified atom stereocenters. The van der Waals surface area contributed by atoms with Crippen molar-refractivity contribution in [3.05, 3.63) is 23.2 Å². The van der Waals surface area contributed by atoms with Crippen LogP contribution < -0.4 is 11.1 Å². The summed E-state index contributed by atoms with van der Waals surface area (Å²) in [6.45, 7) is 2.68. The van der Waals surface area contributed by atoms with Crippen LogP contribution in [0.1, 0.15) is 20.3 Å². The molecule has 6 nitrogen and oxygen atoms in total. The molecule has 4 N–H and O–H groups in total. The monoisotopic (exact) mass is 286 g/mol.